The average Bonchev–Trinajstić information content (AvgIpc) is 3.24. The maximum absolute atomic E-state index is 12.8. The third-order valence-electron chi connectivity index (χ3n) is 3.97. The summed E-state index contributed by atoms with van der Waals surface area (Å²) in [5, 5.41) is 0. The van der Waals surface area contributed by atoms with Crippen LogP contribution in [0.15, 0.2) is 21.5 Å². The van der Waals surface area contributed by atoms with E-state index in [1.165, 1.54) is 4.31 Å². The van der Waals surface area contributed by atoms with Gasteiger partial charge in [-0.3, -0.25) is 0 Å². The fourth-order valence-electron chi connectivity index (χ4n) is 2.32. The SMILES string of the molecule is Cc1cc(CCl)cc(S(=O)(=O)N(C)C(C)C2CC2)c1Br. The fourth-order valence-corrected chi connectivity index (χ4v) is 4.93. The molecule has 1 atom stereocenters. The van der Waals surface area contributed by atoms with Crippen LogP contribution in [0.1, 0.15) is 30.9 Å². The van der Waals surface area contributed by atoms with Gasteiger partial charge in [0.15, 0.2) is 0 Å². The highest BCUT2D eigenvalue weighted by molar-refractivity contribution is 9.10. The van der Waals surface area contributed by atoms with Gasteiger partial charge < -0.3 is 0 Å². The van der Waals surface area contributed by atoms with Gasteiger partial charge >= 0.3 is 0 Å². The molecule has 1 aliphatic rings. The molecule has 0 bridgehead atoms. The minimum Gasteiger partial charge on any atom is -0.207 e. The predicted octanol–water partition coefficient (Wildman–Crippen LogP) is 3.92. The number of nitrogens with zero attached hydrogens (tertiary/aromatic N) is 1. The van der Waals surface area contributed by atoms with Crippen LogP contribution in [-0.2, 0) is 15.9 Å². The zero-order chi connectivity index (χ0) is 15.1. The minimum atomic E-state index is -3.50. The number of alkyl halides is 1. The molecule has 0 spiro atoms. The largest absolute Gasteiger partial charge is 0.244 e. The quantitative estimate of drug-likeness (QED) is 0.726. The molecule has 1 aromatic rings. The predicted molar refractivity (Wildman–Crippen MR) is 85.6 cm³/mol. The molecule has 0 amide bonds. The number of rotatable bonds is 5. The Bertz CT molecular complexity index is 614. The third kappa shape index (κ3) is 3.06. The molecule has 0 radical (unpaired) electrons. The standard InChI is InChI=1S/C14H19BrClNO2S/c1-9-6-11(8-16)7-13(14(9)15)20(18,19)17(3)10(2)12-4-5-12/h6-7,10,12H,4-5,8H2,1-3H3. The lowest BCUT2D eigenvalue weighted by Crippen LogP contribution is -2.36. The Hall–Kier alpha value is -0.100. The lowest BCUT2D eigenvalue weighted by molar-refractivity contribution is 0.357. The fraction of sp³-hybridized carbons (Fsp3) is 0.571. The highest BCUT2D eigenvalue weighted by atomic mass is 79.9. The lowest BCUT2D eigenvalue weighted by atomic mass is 10.2. The van der Waals surface area contributed by atoms with E-state index in [9.17, 15) is 8.42 Å². The topological polar surface area (TPSA) is 37.4 Å². The van der Waals surface area contributed by atoms with Crippen LogP contribution in [0.2, 0.25) is 0 Å². The molecule has 1 aromatic carbocycles. The van der Waals surface area contributed by atoms with Crippen molar-refractivity contribution in [1.29, 1.82) is 0 Å². The van der Waals surface area contributed by atoms with Crippen molar-refractivity contribution in [3.05, 3.63) is 27.7 Å². The van der Waals surface area contributed by atoms with Crippen LogP contribution in [0.25, 0.3) is 0 Å². The monoisotopic (exact) mass is 379 g/mol. The van der Waals surface area contributed by atoms with Crippen molar-refractivity contribution in [3.8, 4) is 0 Å². The zero-order valence-corrected chi connectivity index (χ0v) is 15.0. The number of benzene rings is 1. The number of hydrogen-bond donors (Lipinski definition) is 0. The molecule has 1 unspecified atom stereocenters. The van der Waals surface area contributed by atoms with Gasteiger partial charge in [-0.15, -0.1) is 11.6 Å². The Kier molecular flexibility index (Phi) is 4.84. The number of sulfonamides is 1. The summed E-state index contributed by atoms with van der Waals surface area (Å²) >= 11 is 9.25. The van der Waals surface area contributed by atoms with Gasteiger partial charge in [-0.2, -0.15) is 4.31 Å². The van der Waals surface area contributed by atoms with Crippen LogP contribution in [0, 0.1) is 12.8 Å². The molecule has 6 heteroatoms. The third-order valence-corrected chi connectivity index (χ3v) is 7.56. The van der Waals surface area contributed by atoms with Crippen LogP contribution in [0.3, 0.4) is 0 Å². The van der Waals surface area contributed by atoms with Crippen molar-refractivity contribution in [2.45, 2.75) is 43.5 Å². The Labute approximate surface area is 134 Å². The maximum atomic E-state index is 12.8. The normalized spacial score (nSPS) is 17.5. The molecule has 1 aliphatic carbocycles. The molecule has 112 valence electrons. The molecule has 0 saturated heterocycles. The number of halogens is 2. The van der Waals surface area contributed by atoms with Crippen LogP contribution in [0.5, 0.6) is 0 Å². The van der Waals surface area contributed by atoms with Crippen molar-refractivity contribution in [2.75, 3.05) is 7.05 Å². The van der Waals surface area contributed by atoms with E-state index in [0.29, 0.717) is 21.2 Å². The van der Waals surface area contributed by atoms with E-state index in [1.807, 2.05) is 19.9 Å². The molecule has 1 fully saturated rings. The lowest BCUT2D eigenvalue weighted by Gasteiger charge is -2.25. The Morgan fingerprint density at radius 2 is 2.05 bits per heavy atom. The number of hydrogen-bond acceptors (Lipinski definition) is 2. The first-order valence-corrected chi connectivity index (χ1v) is 9.38. The molecule has 1 saturated carbocycles. The zero-order valence-electron chi connectivity index (χ0n) is 11.9. The second-order valence-electron chi connectivity index (χ2n) is 5.46. The molecule has 0 heterocycles. The molecular formula is C14H19BrClNO2S. The van der Waals surface area contributed by atoms with E-state index in [2.05, 4.69) is 15.9 Å². The molecule has 3 nitrogen and oxygen atoms in total. The summed E-state index contributed by atoms with van der Waals surface area (Å²) in [7, 11) is -1.84. The summed E-state index contributed by atoms with van der Waals surface area (Å²) < 4.78 is 27.7. The van der Waals surface area contributed by atoms with E-state index in [1.54, 1.807) is 13.1 Å². The van der Waals surface area contributed by atoms with E-state index < -0.39 is 10.0 Å². The summed E-state index contributed by atoms with van der Waals surface area (Å²) in [4.78, 5) is 0.308. The smallest absolute Gasteiger partial charge is 0.207 e. The van der Waals surface area contributed by atoms with E-state index in [-0.39, 0.29) is 6.04 Å². The van der Waals surface area contributed by atoms with Gasteiger partial charge in [0.05, 0.1) is 4.90 Å². The van der Waals surface area contributed by atoms with Gasteiger partial charge in [0.2, 0.25) is 10.0 Å². The Balaban J connectivity index is 2.45. The number of aryl methyl sites for hydroxylation is 1. The highest BCUT2D eigenvalue weighted by Crippen LogP contribution is 2.38. The average molecular weight is 381 g/mol. The molecule has 0 aliphatic heterocycles. The van der Waals surface area contributed by atoms with Crippen molar-refractivity contribution in [3.63, 3.8) is 0 Å². The van der Waals surface area contributed by atoms with Crippen LogP contribution >= 0.6 is 27.5 Å². The molecule has 20 heavy (non-hydrogen) atoms. The summed E-state index contributed by atoms with van der Waals surface area (Å²) in [6.07, 6.45) is 2.23. The van der Waals surface area contributed by atoms with Gasteiger partial charge in [-0.25, -0.2) is 8.42 Å². The van der Waals surface area contributed by atoms with Crippen LogP contribution in [0.4, 0.5) is 0 Å². The Morgan fingerprint density at radius 1 is 1.45 bits per heavy atom. The van der Waals surface area contributed by atoms with Crippen molar-refractivity contribution in [2.24, 2.45) is 5.92 Å². The van der Waals surface area contributed by atoms with E-state index in [0.717, 1.165) is 24.0 Å². The minimum absolute atomic E-state index is 0.0341. The second kappa shape index (κ2) is 5.95. The van der Waals surface area contributed by atoms with Gasteiger partial charge in [0, 0.05) is 23.4 Å². The summed E-state index contributed by atoms with van der Waals surface area (Å²) in [6, 6.07) is 3.60. The molecule has 0 aromatic heterocycles. The van der Waals surface area contributed by atoms with Gasteiger partial charge in [-0.1, -0.05) is 6.07 Å². The van der Waals surface area contributed by atoms with Gasteiger partial charge in [0.25, 0.3) is 0 Å². The molecule has 2 rings (SSSR count). The maximum Gasteiger partial charge on any atom is 0.244 e. The first-order chi connectivity index (χ1) is 9.28. The summed E-state index contributed by atoms with van der Waals surface area (Å²) in [6.45, 7) is 3.85. The van der Waals surface area contributed by atoms with E-state index >= 15 is 0 Å². The van der Waals surface area contributed by atoms with Crippen LogP contribution in [-0.4, -0.2) is 25.8 Å². The summed E-state index contributed by atoms with van der Waals surface area (Å²) in [5.41, 5.74) is 1.70. The van der Waals surface area contributed by atoms with Gasteiger partial charge in [-0.05, 0) is 65.7 Å². The molecular weight excluding hydrogens is 362 g/mol. The van der Waals surface area contributed by atoms with Crippen LogP contribution < -0.4 is 0 Å². The first kappa shape index (κ1) is 16.3. The molecule has 0 N–H and O–H groups in total. The Morgan fingerprint density at radius 3 is 2.55 bits per heavy atom. The van der Waals surface area contributed by atoms with Gasteiger partial charge in [0.1, 0.15) is 0 Å². The van der Waals surface area contributed by atoms with Crippen molar-refractivity contribution < 1.29 is 8.42 Å². The van der Waals surface area contributed by atoms with Crippen molar-refractivity contribution in [1.82, 2.24) is 4.31 Å². The first-order valence-electron chi connectivity index (χ1n) is 6.62. The highest BCUT2D eigenvalue weighted by Gasteiger charge is 2.36. The van der Waals surface area contributed by atoms with Crippen molar-refractivity contribution >= 4 is 37.6 Å². The van der Waals surface area contributed by atoms with E-state index in [4.69, 9.17) is 11.6 Å². The summed E-state index contributed by atoms with van der Waals surface area (Å²) in [5.74, 6) is 0.796. The second-order valence-corrected chi connectivity index (χ2v) is 8.48.